The van der Waals surface area contributed by atoms with E-state index >= 15 is 0 Å². The number of amides is 1. The molecule has 0 atom stereocenters. The Morgan fingerprint density at radius 2 is 1.64 bits per heavy atom. The first-order chi connectivity index (χ1) is 16.0. The van der Waals surface area contributed by atoms with Gasteiger partial charge in [-0.3, -0.25) is 4.79 Å². The summed E-state index contributed by atoms with van der Waals surface area (Å²) in [4.78, 5) is 21.2. The topological polar surface area (TPSA) is 26.8 Å². The Balaban J connectivity index is 1.41. The number of rotatable bonds is 9. The minimum absolute atomic E-state index is 0.344. The summed E-state index contributed by atoms with van der Waals surface area (Å²) in [5.74, 6) is 2.11. The molecule has 1 saturated carbocycles. The Hall–Kier alpha value is -1.07. The van der Waals surface area contributed by atoms with Crippen LogP contribution in [0.3, 0.4) is 0 Å². The van der Waals surface area contributed by atoms with Crippen molar-refractivity contribution in [3.05, 3.63) is 30.3 Å². The average molecular weight is 519 g/mol. The lowest BCUT2D eigenvalue weighted by Gasteiger charge is -2.47. The number of carbonyl (C=O) groups is 1. The van der Waals surface area contributed by atoms with Gasteiger partial charge in [0.15, 0.2) is 0 Å². The Morgan fingerprint density at radius 3 is 2.27 bits per heavy atom. The van der Waals surface area contributed by atoms with Gasteiger partial charge in [0, 0.05) is 36.7 Å². The molecule has 2 heterocycles. The van der Waals surface area contributed by atoms with Crippen LogP contribution in [-0.4, -0.2) is 58.9 Å². The largest absolute Gasteiger partial charge is 0.339 e. The van der Waals surface area contributed by atoms with Crippen LogP contribution >= 0.6 is 15.9 Å². The predicted octanol–water partition coefficient (Wildman–Crippen LogP) is 6.30. The maximum Gasteiger partial charge on any atom is 0.250 e. The molecular weight excluding hydrogens is 474 g/mol. The van der Waals surface area contributed by atoms with E-state index in [1.165, 1.54) is 50.6 Å². The molecule has 2 saturated heterocycles. The van der Waals surface area contributed by atoms with Crippen molar-refractivity contribution >= 4 is 27.5 Å². The van der Waals surface area contributed by atoms with Crippen LogP contribution in [0.4, 0.5) is 5.69 Å². The Morgan fingerprint density at radius 1 is 0.970 bits per heavy atom. The summed E-state index contributed by atoms with van der Waals surface area (Å²) < 4.78 is 0. The first kappa shape index (κ1) is 25.0. The Bertz CT molecular complexity index is 739. The summed E-state index contributed by atoms with van der Waals surface area (Å²) in [6.45, 7) is 8.53. The zero-order valence-electron chi connectivity index (χ0n) is 20.9. The second-order valence-corrected chi connectivity index (χ2v) is 11.7. The molecule has 1 aromatic rings. The van der Waals surface area contributed by atoms with Gasteiger partial charge in [-0.1, -0.05) is 60.8 Å². The van der Waals surface area contributed by atoms with Crippen LogP contribution in [0, 0.1) is 11.8 Å². The number of carbonyl (C=O) groups excluding carboxylic acids is 1. The number of para-hydroxylation sites is 1. The quantitative estimate of drug-likeness (QED) is 0.284. The average Bonchev–Trinajstić information content (AvgIpc) is 3.11. The van der Waals surface area contributed by atoms with Gasteiger partial charge in [-0.05, 0) is 75.3 Å². The lowest BCUT2D eigenvalue weighted by Crippen LogP contribution is -2.58. The third-order valence-electron chi connectivity index (χ3n) is 8.72. The number of hydrogen-bond donors (Lipinski definition) is 0. The Labute approximate surface area is 210 Å². The highest BCUT2D eigenvalue weighted by atomic mass is 79.9. The minimum atomic E-state index is -0.344. The van der Waals surface area contributed by atoms with Crippen LogP contribution in [0.5, 0.6) is 0 Å². The second kappa shape index (κ2) is 11.6. The molecule has 0 N–H and O–H groups in total. The number of piperidine rings is 1. The van der Waals surface area contributed by atoms with E-state index < -0.39 is 0 Å². The normalized spacial score (nSPS) is 26.0. The standard InChI is InChI=1S/C28H44BrN3O/c1-23(2)24-12-14-25(15-13-24)30-20-16-28(17-21-30)27(33)31(19-9-4-3-8-18-29)22-32(28)26-10-6-5-7-11-26/h5-7,10-11,23-25H,3-4,8-9,12-22H2,1-2H3/t24-,25+. The minimum Gasteiger partial charge on any atom is -0.339 e. The summed E-state index contributed by atoms with van der Waals surface area (Å²) >= 11 is 3.53. The summed E-state index contributed by atoms with van der Waals surface area (Å²) in [6, 6.07) is 11.4. The molecule has 1 aliphatic carbocycles. The third-order valence-corrected chi connectivity index (χ3v) is 9.28. The number of benzene rings is 1. The van der Waals surface area contributed by atoms with Gasteiger partial charge < -0.3 is 14.7 Å². The van der Waals surface area contributed by atoms with Crippen LogP contribution in [-0.2, 0) is 4.79 Å². The van der Waals surface area contributed by atoms with Crippen molar-refractivity contribution in [3.8, 4) is 0 Å². The number of likely N-dealkylation sites (tertiary alicyclic amines) is 1. The number of hydrogen-bond acceptors (Lipinski definition) is 3. The Kier molecular flexibility index (Phi) is 8.78. The predicted molar refractivity (Wildman–Crippen MR) is 142 cm³/mol. The summed E-state index contributed by atoms with van der Waals surface area (Å²) in [6.07, 6.45) is 12.2. The molecule has 4 rings (SSSR count). The van der Waals surface area contributed by atoms with Gasteiger partial charge in [-0.25, -0.2) is 0 Å². The highest BCUT2D eigenvalue weighted by molar-refractivity contribution is 9.09. The van der Waals surface area contributed by atoms with Crippen molar-refractivity contribution < 1.29 is 4.79 Å². The van der Waals surface area contributed by atoms with Crippen LogP contribution in [0.25, 0.3) is 0 Å². The maximum atomic E-state index is 13.8. The number of unbranched alkanes of at least 4 members (excludes halogenated alkanes) is 3. The van der Waals surface area contributed by atoms with E-state index in [-0.39, 0.29) is 5.54 Å². The number of halogens is 1. The third kappa shape index (κ3) is 5.61. The van der Waals surface area contributed by atoms with Crippen molar-refractivity contribution in [3.63, 3.8) is 0 Å². The summed E-state index contributed by atoms with van der Waals surface area (Å²) in [7, 11) is 0. The van der Waals surface area contributed by atoms with Crippen molar-refractivity contribution in [2.24, 2.45) is 11.8 Å². The van der Waals surface area contributed by atoms with Crippen LogP contribution in [0.15, 0.2) is 30.3 Å². The fourth-order valence-corrected chi connectivity index (χ4v) is 6.91. The number of anilines is 1. The molecule has 5 heteroatoms. The van der Waals surface area contributed by atoms with E-state index in [9.17, 15) is 4.79 Å². The lowest BCUT2D eigenvalue weighted by atomic mass is 9.78. The molecule has 1 amide bonds. The van der Waals surface area contributed by atoms with Gasteiger partial charge in [0.2, 0.25) is 5.91 Å². The van der Waals surface area contributed by atoms with Gasteiger partial charge >= 0.3 is 0 Å². The molecule has 2 aliphatic heterocycles. The smallest absolute Gasteiger partial charge is 0.250 e. The lowest BCUT2D eigenvalue weighted by molar-refractivity contribution is -0.134. The first-order valence-electron chi connectivity index (χ1n) is 13.5. The molecule has 3 fully saturated rings. The van der Waals surface area contributed by atoms with Crippen LogP contribution < -0.4 is 4.90 Å². The fraction of sp³-hybridized carbons (Fsp3) is 0.750. The van der Waals surface area contributed by atoms with Crippen molar-refractivity contribution in [1.29, 1.82) is 0 Å². The monoisotopic (exact) mass is 517 g/mol. The van der Waals surface area contributed by atoms with Gasteiger partial charge in [-0.2, -0.15) is 0 Å². The maximum absolute atomic E-state index is 13.8. The van der Waals surface area contributed by atoms with E-state index in [4.69, 9.17) is 0 Å². The molecule has 1 aromatic carbocycles. The molecule has 184 valence electrons. The molecule has 33 heavy (non-hydrogen) atoms. The SMILES string of the molecule is CC(C)[C@H]1CC[C@@H](N2CCC3(CC2)C(=O)N(CCCCCCBr)CN3c2ccccc2)CC1. The van der Waals surface area contributed by atoms with Crippen molar-refractivity contribution in [2.45, 2.75) is 89.6 Å². The first-order valence-corrected chi connectivity index (χ1v) is 14.6. The molecule has 3 aliphatic rings. The number of nitrogens with zero attached hydrogens (tertiary/aromatic N) is 3. The van der Waals surface area contributed by atoms with Crippen molar-refractivity contribution in [1.82, 2.24) is 9.80 Å². The molecule has 0 radical (unpaired) electrons. The highest BCUT2D eigenvalue weighted by Gasteiger charge is 2.53. The van der Waals surface area contributed by atoms with Crippen molar-refractivity contribution in [2.75, 3.05) is 36.5 Å². The van der Waals surface area contributed by atoms with Gasteiger partial charge in [0.25, 0.3) is 0 Å². The molecule has 4 nitrogen and oxygen atoms in total. The molecule has 0 aromatic heterocycles. The number of alkyl halides is 1. The zero-order valence-corrected chi connectivity index (χ0v) is 22.4. The van der Waals surface area contributed by atoms with Crippen LogP contribution in [0.2, 0.25) is 0 Å². The molecule has 0 bridgehead atoms. The van der Waals surface area contributed by atoms with E-state index in [1.807, 2.05) is 0 Å². The van der Waals surface area contributed by atoms with Gasteiger partial charge in [0.05, 0.1) is 6.67 Å². The fourth-order valence-electron chi connectivity index (χ4n) is 6.52. The van der Waals surface area contributed by atoms with E-state index in [2.05, 4.69) is 74.8 Å². The van der Waals surface area contributed by atoms with E-state index in [1.54, 1.807) is 0 Å². The van der Waals surface area contributed by atoms with Gasteiger partial charge in [0.1, 0.15) is 5.54 Å². The zero-order chi connectivity index (χ0) is 23.3. The van der Waals surface area contributed by atoms with Gasteiger partial charge in [-0.15, -0.1) is 0 Å². The summed E-state index contributed by atoms with van der Waals surface area (Å²) in [5, 5.41) is 1.08. The van der Waals surface area contributed by atoms with Crippen LogP contribution in [0.1, 0.15) is 78.1 Å². The van der Waals surface area contributed by atoms with E-state index in [0.29, 0.717) is 5.91 Å². The molecule has 0 unspecified atom stereocenters. The molecular formula is C28H44BrN3O. The molecule has 1 spiro atoms. The van der Waals surface area contributed by atoms with E-state index in [0.717, 1.165) is 68.8 Å². The second-order valence-electron chi connectivity index (χ2n) is 11.0. The highest BCUT2D eigenvalue weighted by Crippen LogP contribution is 2.41. The summed E-state index contributed by atoms with van der Waals surface area (Å²) in [5.41, 5.74) is 0.863.